The van der Waals surface area contributed by atoms with Crippen LogP contribution < -0.4 is 0 Å². The summed E-state index contributed by atoms with van der Waals surface area (Å²) < 4.78 is 6.27. The molecule has 0 radical (unpaired) electrons. The summed E-state index contributed by atoms with van der Waals surface area (Å²) in [5.41, 5.74) is 0.431. The molecular weight excluding hydrogens is 320 g/mol. The molecule has 1 aliphatic heterocycles. The van der Waals surface area contributed by atoms with Crippen LogP contribution in [-0.2, 0) is 4.74 Å². The fraction of sp³-hybridized carbons (Fsp3) is 0.500. The predicted molar refractivity (Wildman–Crippen MR) is 72.9 cm³/mol. The first-order chi connectivity index (χ1) is 8.58. The Hall–Kier alpha value is -0.650. The zero-order chi connectivity index (χ0) is 13.1. The van der Waals surface area contributed by atoms with Crippen LogP contribution in [0.1, 0.15) is 23.7 Å². The first kappa shape index (κ1) is 13.8. The summed E-state index contributed by atoms with van der Waals surface area (Å²) in [5.74, 6) is -0.0915. The van der Waals surface area contributed by atoms with Gasteiger partial charge in [-0.05, 0) is 35.3 Å². The Morgan fingerprint density at radius 2 is 2.44 bits per heavy atom. The largest absolute Gasteiger partial charge is 0.377 e. The quantitative estimate of drug-likeness (QED) is 0.742. The minimum Gasteiger partial charge on any atom is -0.377 e. The van der Waals surface area contributed by atoms with Crippen molar-refractivity contribution >= 4 is 33.4 Å². The van der Waals surface area contributed by atoms with Gasteiger partial charge < -0.3 is 9.64 Å². The summed E-state index contributed by atoms with van der Waals surface area (Å²) >= 11 is 9.28. The van der Waals surface area contributed by atoms with Gasteiger partial charge in [-0.1, -0.05) is 11.6 Å². The molecule has 0 spiro atoms. The fourth-order valence-electron chi connectivity index (χ4n) is 1.92. The standard InChI is InChI=1S/C12H14BrClN2O2/c1-8-7-16(3-2-4-18-8)12(17)10-5-9(13)6-15-11(10)14/h5-6,8H,2-4,7H2,1H3. The third kappa shape index (κ3) is 3.22. The van der Waals surface area contributed by atoms with Gasteiger partial charge in [-0.25, -0.2) is 4.98 Å². The minimum atomic E-state index is -0.0915. The third-order valence-electron chi connectivity index (χ3n) is 2.78. The number of amides is 1. The number of carbonyl (C=O) groups is 1. The van der Waals surface area contributed by atoms with Gasteiger partial charge in [0.25, 0.3) is 5.91 Å². The van der Waals surface area contributed by atoms with Crippen molar-refractivity contribution in [2.45, 2.75) is 19.4 Å². The highest BCUT2D eigenvalue weighted by Crippen LogP contribution is 2.20. The van der Waals surface area contributed by atoms with Crippen molar-refractivity contribution in [1.29, 1.82) is 0 Å². The van der Waals surface area contributed by atoms with Gasteiger partial charge in [0.05, 0.1) is 11.7 Å². The molecule has 1 aliphatic rings. The minimum absolute atomic E-state index is 0.0512. The molecule has 18 heavy (non-hydrogen) atoms. The molecule has 1 unspecified atom stereocenters. The lowest BCUT2D eigenvalue weighted by atomic mass is 10.2. The van der Waals surface area contributed by atoms with Gasteiger partial charge >= 0.3 is 0 Å². The monoisotopic (exact) mass is 332 g/mol. The number of aromatic nitrogens is 1. The van der Waals surface area contributed by atoms with E-state index in [1.54, 1.807) is 17.2 Å². The Morgan fingerprint density at radius 1 is 1.67 bits per heavy atom. The lowest BCUT2D eigenvalue weighted by molar-refractivity contribution is 0.0562. The van der Waals surface area contributed by atoms with E-state index < -0.39 is 0 Å². The summed E-state index contributed by atoms with van der Waals surface area (Å²) in [6.45, 7) is 3.93. The summed E-state index contributed by atoms with van der Waals surface area (Å²) in [7, 11) is 0. The molecule has 1 atom stereocenters. The summed E-state index contributed by atoms with van der Waals surface area (Å²) in [6, 6.07) is 1.70. The number of carbonyl (C=O) groups excluding carboxylic acids is 1. The maximum Gasteiger partial charge on any atom is 0.257 e. The lowest BCUT2D eigenvalue weighted by Crippen LogP contribution is -2.36. The van der Waals surface area contributed by atoms with Crippen molar-refractivity contribution < 1.29 is 9.53 Å². The third-order valence-corrected chi connectivity index (χ3v) is 3.51. The van der Waals surface area contributed by atoms with Gasteiger partial charge in [0.2, 0.25) is 0 Å². The van der Waals surface area contributed by atoms with Crippen molar-refractivity contribution in [2.75, 3.05) is 19.7 Å². The van der Waals surface area contributed by atoms with E-state index in [4.69, 9.17) is 16.3 Å². The van der Waals surface area contributed by atoms with E-state index in [-0.39, 0.29) is 17.2 Å². The smallest absolute Gasteiger partial charge is 0.257 e. The van der Waals surface area contributed by atoms with E-state index in [2.05, 4.69) is 20.9 Å². The molecule has 4 nitrogen and oxygen atoms in total. The number of rotatable bonds is 1. The Kier molecular flexibility index (Phi) is 4.59. The van der Waals surface area contributed by atoms with E-state index in [0.717, 1.165) is 10.9 Å². The molecule has 1 amide bonds. The average Bonchev–Trinajstić information content (AvgIpc) is 2.56. The van der Waals surface area contributed by atoms with Crippen molar-refractivity contribution in [3.8, 4) is 0 Å². The summed E-state index contributed by atoms with van der Waals surface area (Å²) in [4.78, 5) is 18.1. The van der Waals surface area contributed by atoms with E-state index in [1.165, 1.54) is 0 Å². The lowest BCUT2D eigenvalue weighted by Gasteiger charge is -2.22. The number of pyridine rings is 1. The van der Waals surface area contributed by atoms with Crippen LogP contribution in [-0.4, -0.2) is 41.6 Å². The molecular formula is C12H14BrClN2O2. The zero-order valence-corrected chi connectivity index (χ0v) is 12.4. The van der Waals surface area contributed by atoms with Crippen molar-refractivity contribution in [3.63, 3.8) is 0 Å². The molecule has 0 N–H and O–H groups in total. The van der Waals surface area contributed by atoms with Crippen LogP contribution in [0.2, 0.25) is 5.15 Å². The molecule has 2 rings (SSSR count). The van der Waals surface area contributed by atoms with E-state index >= 15 is 0 Å². The average molecular weight is 334 g/mol. The second-order valence-electron chi connectivity index (χ2n) is 4.28. The maximum atomic E-state index is 12.4. The predicted octanol–water partition coefficient (Wildman–Crippen LogP) is 2.75. The summed E-state index contributed by atoms with van der Waals surface area (Å²) in [6.07, 6.45) is 2.47. The number of hydrogen-bond donors (Lipinski definition) is 0. The molecule has 0 saturated carbocycles. The molecule has 1 aromatic rings. The second kappa shape index (κ2) is 5.99. The molecule has 98 valence electrons. The topological polar surface area (TPSA) is 42.4 Å². The molecule has 6 heteroatoms. The maximum absolute atomic E-state index is 12.4. The van der Waals surface area contributed by atoms with Gasteiger partial charge in [0.15, 0.2) is 0 Å². The van der Waals surface area contributed by atoms with Gasteiger partial charge in [-0.15, -0.1) is 0 Å². The van der Waals surface area contributed by atoms with Gasteiger partial charge in [-0.2, -0.15) is 0 Å². The van der Waals surface area contributed by atoms with Gasteiger partial charge in [0, 0.05) is 30.4 Å². The Morgan fingerprint density at radius 3 is 3.22 bits per heavy atom. The second-order valence-corrected chi connectivity index (χ2v) is 5.55. The molecule has 1 saturated heterocycles. The normalized spacial score (nSPS) is 20.6. The van der Waals surface area contributed by atoms with Crippen LogP contribution in [0.4, 0.5) is 0 Å². The van der Waals surface area contributed by atoms with Crippen molar-refractivity contribution in [2.24, 2.45) is 0 Å². The van der Waals surface area contributed by atoms with Crippen LogP contribution in [0.25, 0.3) is 0 Å². The highest BCUT2D eigenvalue weighted by Gasteiger charge is 2.23. The molecule has 1 aromatic heterocycles. The number of hydrogen-bond acceptors (Lipinski definition) is 3. The summed E-state index contributed by atoms with van der Waals surface area (Å²) in [5, 5.41) is 0.237. The highest BCUT2D eigenvalue weighted by atomic mass is 79.9. The van der Waals surface area contributed by atoms with E-state index in [0.29, 0.717) is 25.3 Å². The molecule has 0 aliphatic carbocycles. The molecule has 2 heterocycles. The highest BCUT2D eigenvalue weighted by molar-refractivity contribution is 9.10. The SMILES string of the molecule is CC1CN(C(=O)c2cc(Br)cnc2Cl)CCCO1. The molecule has 0 aromatic carbocycles. The van der Waals surface area contributed by atoms with E-state index in [9.17, 15) is 4.79 Å². The van der Waals surface area contributed by atoms with Gasteiger partial charge in [0.1, 0.15) is 5.15 Å². The number of nitrogens with zero attached hydrogens (tertiary/aromatic N) is 2. The van der Waals surface area contributed by atoms with Crippen molar-refractivity contribution in [1.82, 2.24) is 9.88 Å². The fourth-order valence-corrected chi connectivity index (χ4v) is 2.44. The van der Waals surface area contributed by atoms with Crippen LogP contribution in [0, 0.1) is 0 Å². The number of halogens is 2. The Bertz CT molecular complexity index is 456. The first-order valence-electron chi connectivity index (χ1n) is 5.80. The number of ether oxygens (including phenoxy) is 1. The van der Waals surface area contributed by atoms with Crippen molar-refractivity contribution in [3.05, 3.63) is 27.5 Å². The van der Waals surface area contributed by atoms with E-state index in [1.807, 2.05) is 6.92 Å². The molecule has 0 bridgehead atoms. The van der Waals surface area contributed by atoms with Crippen LogP contribution >= 0.6 is 27.5 Å². The van der Waals surface area contributed by atoms with Gasteiger partial charge in [-0.3, -0.25) is 4.79 Å². The molecule has 1 fully saturated rings. The first-order valence-corrected chi connectivity index (χ1v) is 6.97. The zero-order valence-electron chi connectivity index (χ0n) is 10.0. The van der Waals surface area contributed by atoms with Crippen LogP contribution in [0.15, 0.2) is 16.7 Å². The Labute approximate surface area is 119 Å². The Balaban J connectivity index is 2.21. The van der Waals surface area contributed by atoms with Crippen LogP contribution in [0.3, 0.4) is 0 Å². The van der Waals surface area contributed by atoms with Crippen LogP contribution in [0.5, 0.6) is 0 Å².